The van der Waals surface area contributed by atoms with Gasteiger partial charge in [-0.15, -0.1) is 12.4 Å². The molecule has 0 fully saturated rings. The van der Waals surface area contributed by atoms with Crippen LogP contribution in [0.4, 0.5) is 0 Å². The molecule has 18 heavy (non-hydrogen) atoms. The molecular formula is C14H32ClNO2. The molecule has 3 N–H and O–H groups in total. The molecule has 0 aliphatic heterocycles. The first kappa shape index (κ1) is 20.5. The molecular weight excluding hydrogens is 250 g/mol. The molecule has 0 saturated carbocycles. The minimum Gasteiger partial charge on any atom is -0.395 e. The smallest absolute Gasteiger partial charge is 0.0664 e. The number of hydrogen-bond donors (Lipinski definition) is 3. The highest BCUT2D eigenvalue weighted by atomic mass is 35.5. The second kappa shape index (κ2) is 17.2. The van der Waals surface area contributed by atoms with Crippen LogP contribution >= 0.6 is 12.4 Å². The van der Waals surface area contributed by atoms with E-state index in [-0.39, 0.29) is 25.1 Å². The third-order valence-corrected chi connectivity index (χ3v) is 3.06. The van der Waals surface area contributed by atoms with E-state index < -0.39 is 0 Å². The third kappa shape index (κ3) is 16.2. The van der Waals surface area contributed by atoms with Gasteiger partial charge in [0.2, 0.25) is 0 Å². The van der Waals surface area contributed by atoms with Gasteiger partial charge in [0.15, 0.2) is 0 Å². The molecule has 1 unspecified atom stereocenters. The number of aliphatic hydroxyl groups excluding tert-OH is 2. The molecule has 0 aliphatic rings. The van der Waals surface area contributed by atoms with Crippen molar-refractivity contribution in [3.8, 4) is 0 Å². The van der Waals surface area contributed by atoms with Gasteiger partial charge in [0, 0.05) is 13.1 Å². The molecule has 0 aromatic heterocycles. The Balaban J connectivity index is 0. The lowest BCUT2D eigenvalue weighted by atomic mass is 10.1. The molecule has 0 bridgehead atoms. The van der Waals surface area contributed by atoms with Crippen molar-refractivity contribution >= 4 is 12.4 Å². The Morgan fingerprint density at radius 3 is 2.06 bits per heavy atom. The highest BCUT2D eigenvalue weighted by Crippen LogP contribution is 2.10. The zero-order valence-corrected chi connectivity index (χ0v) is 12.7. The van der Waals surface area contributed by atoms with Crippen molar-refractivity contribution in [2.45, 2.75) is 70.8 Å². The van der Waals surface area contributed by atoms with Crippen molar-refractivity contribution in [3.63, 3.8) is 0 Å². The minimum atomic E-state index is -0.248. The molecule has 0 aromatic rings. The zero-order valence-electron chi connectivity index (χ0n) is 11.9. The number of rotatable bonds is 13. The Morgan fingerprint density at radius 2 is 1.50 bits per heavy atom. The van der Waals surface area contributed by atoms with Crippen LogP contribution < -0.4 is 5.32 Å². The van der Waals surface area contributed by atoms with Gasteiger partial charge in [0.05, 0.1) is 12.7 Å². The third-order valence-electron chi connectivity index (χ3n) is 3.06. The van der Waals surface area contributed by atoms with Crippen molar-refractivity contribution in [1.82, 2.24) is 5.32 Å². The van der Waals surface area contributed by atoms with Crippen LogP contribution in [0, 0.1) is 0 Å². The van der Waals surface area contributed by atoms with Crippen LogP contribution in [0.25, 0.3) is 0 Å². The normalized spacial score (nSPS) is 12.2. The molecule has 0 rings (SSSR count). The highest BCUT2D eigenvalue weighted by Gasteiger charge is 2.02. The topological polar surface area (TPSA) is 52.5 Å². The summed E-state index contributed by atoms with van der Waals surface area (Å²) in [5.74, 6) is 0. The lowest BCUT2D eigenvalue weighted by Gasteiger charge is -2.10. The molecule has 0 aromatic carbocycles. The second-order valence-corrected chi connectivity index (χ2v) is 4.85. The van der Waals surface area contributed by atoms with Crippen molar-refractivity contribution in [2.24, 2.45) is 0 Å². The van der Waals surface area contributed by atoms with Gasteiger partial charge >= 0.3 is 0 Å². The summed E-state index contributed by atoms with van der Waals surface area (Å²) in [6.07, 6.45) is 11.1. The maximum atomic E-state index is 9.60. The van der Waals surface area contributed by atoms with Crippen molar-refractivity contribution in [2.75, 3.05) is 19.7 Å². The Morgan fingerprint density at radius 1 is 0.944 bits per heavy atom. The molecule has 112 valence electrons. The summed E-state index contributed by atoms with van der Waals surface area (Å²) in [6, 6.07) is 0. The van der Waals surface area contributed by atoms with Gasteiger partial charge in [0.25, 0.3) is 0 Å². The van der Waals surface area contributed by atoms with E-state index in [4.69, 9.17) is 5.11 Å². The van der Waals surface area contributed by atoms with Crippen molar-refractivity contribution < 1.29 is 10.2 Å². The van der Waals surface area contributed by atoms with Gasteiger partial charge < -0.3 is 15.5 Å². The molecule has 4 heteroatoms. The van der Waals surface area contributed by atoms with Crippen LogP contribution in [0.2, 0.25) is 0 Å². The predicted octanol–water partition coefficient (Wildman–Crippen LogP) is 2.88. The molecule has 0 saturated heterocycles. The van der Waals surface area contributed by atoms with E-state index in [2.05, 4.69) is 12.2 Å². The lowest BCUT2D eigenvalue weighted by molar-refractivity contribution is 0.155. The van der Waals surface area contributed by atoms with Crippen LogP contribution in [0.5, 0.6) is 0 Å². The average Bonchev–Trinajstić information content (AvgIpc) is 2.33. The number of aliphatic hydroxyl groups is 2. The number of halogens is 1. The summed E-state index contributed by atoms with van der Waals surface area (Å²) in [6.45, 7) is 3.57. The molecule has 1 atom stereocenters. The molecule has 0 amide bonds. The monoisotopic (exact) mass is 281 g/mol. The van der Waals surface area contributed by atoms with Gasteiger partial charge in [-0.05, 0) is 6.42 Å². The Kier molecular flexibility index (Phi) is 19.5. The van der Waals surface area contributed by atoms with Crippen molar-refractivity contribution in [1.29, 1.82) is 0 Å². The molecule has 3 nitrogen and oxygen atoms in total. The Bertz CT molecular complexity index is 148. The van der Waals surface area contributed by atoms with Gasteiger partial charge in [-0.2, -0.15) is 0 Å². The fourth-order valence-electron chi connectivity index (χ4n) is 1.96. The fraction of sp³-hybridized carbons (Fsp3) is 1.00. The van der Waals surface area contributed by atoms with Crippen LogP contribution in [0.15, 0.2) is 0 Å². The Hall–Kier alpha value is 0.170. The van der Waals surface area contributed by atoms with Crippen LogP contribution in [0.3, 0.4) is 0 Å². The van der Waals surface area contributed by atoms with Gasteiger partial charge in [-0.3, -0.25) is 0 Å². The first-order chi connectivity index (χ1) is 8.31. The minimum absolute atomic E-state index is 0. The zero-order chi connectivity index (χ0) is 12.8. The van der Waals surface area contributed by atoms with E-state index in [1.807, 2.05) is 0 Å². The largest absolute Gasteiger partial charge is 0.395 e. The van der Waals surface area contributed by atoms with Crippen LogP contribution in [-0.4, -0.2) is 36.0 Å². The highest BCUT2D eigenvalue weighted by molar-refractivity contribution is 5.85. The fourth-order valence-corrected chi connectivity index (χ4v) is 1.96. The molecule has 0 spiro atoms. The first-order valence-electron chi connectivity index (χ1n) is 7.31. The van der Waals surface area contributed by atoms with Gasteiger partial charge in [0.1, 0.15) is 0 Å². The number of unbranched alkanes of at least 4 members (excludes halogenated alkanes) is 7. The number of hydrogen-bond acceptors (Lipinski definition) is 3. The maximum Gasteiger partial charge on any atom is 0.0664 e. The van der Waals surface area contributed by atoms with E-state index in [0.29, 0.717) is 13.1 Å². The van der Waals surface area contributed by atoms with Crippen LogP contribution in [-0.2, 0) is 0 Å². The summed E-state index contributed by atoms with van der Waals surface area (Å²) in [4.78, 5) is 0. The van der Waals surface area contributed by atoms with E-state index in [9.17, 15) is 5.11 Å². The Labute approximate surface area is 119 Å². The van der Waals surface area contributed by atoms with E-state index in [0.717, 1.165) is 12.8 Å². The summed E-state index contributed by atoms with van der Waals surface area (Å²) in [5, 5.41) is 21.2. The molecule has 0 heterocycles. The quantitative estimate of drug-likeness (QED) is 0.455. The average molecular weight is 282 g/mol. The van der Waals surface area contributed by atoms with Gasteiger partial charge in [-0.25, -0.2) is 0 Å². The SMILES string of the molecule is CCCCCCCCCCC(O)CNCCO.Cl. The number of nitrogens with one attached hydrogen (secondary N) is 1. The van der Waals surface area contributed by atoms with E-state index >= 15 is 0 Å². The van der Waals surface area contributed by atoms with Crippen LogP contribution in [0.1, 0.15) is 64.7 Å². The van der Waals surface area contributed by atoms with Crippen molar-refractivity contribution in [3.05, 3.63) is 0 Å². The molecule has 0 aliphatic carbocycles. The van der Waals surface area contributed by atoms with Gasteiger partial charge in [-0.1, -0.05) is 58.3 Å². The maximum absolute atomic E-state index is 9.60. The second-order valence-electron chi connectivity index (χ2n) is 4.85. The summed E-state index contributed by atoms with van der Waals surface area (Å²) >= 11 is 0. The standard InChI is InChI=1S/C14H31NO2.ClH/c1-2-3-4-5-6-7-8-9-10-14(17)13-15-11-12-16;/h14-17H,2-13H2,1H3;1H. The molecule has 0 radical (unpaired) electrons. The van der Waals surface area contributed by atoms with E-state index in [1.165, 1.54) is 44.9 Å². The summed E-state index contributed by atoms with van der Waals surface area (Å²) < 4.78 is 0. The predicted molar refractivity (Wildman–Crippen MR) is 80.4 cm³/mol. The van der Waals surface area contributed by atoms with E-state index in [1.54, 1.807) is 0 Å². The lowest BCUT2D eigenvalue weighted by Crippen LogP contribution is -2.28. The summed E-state index contributed by atoms with van der Waals surface area (Å²) in [5.41, 5.74) is 0. The first-order valence-corrected chi connectivity index (χ1v) is 7.31. The summed E-state index contributed by atoms with van der Waals surface area (Å²) in [7, 11) is 0.